The largest absolute Gasteiger partial charge is 0.504 e. The van der Waals surface area contributed by atoms with Crippen LogP contribution in [0.25, 0.3) is 11.0 Å². The highest BCUT2D eigenvalue weighted by atomic mass is 32.2. The molecule has 14 nitrogen and oxygen atoms in total. The SMILES string of the molecule is COc1ccc2oc3c(c2c1)CCN[C@]31CS[C@@H]2c3c(OC(C)=O)c(C)c4c(c3[C@H](COC1=O)N1C2[C@H]2c3c(cc(C)c(OC)c3O)CC1(C#N)CN2C)OCO4. The number of thioether (sulfide) groups is 1. The summed E-state index contributed by atoms with van der Waals surface area (Å²) < 4.78 is 43.0. The molecule has 0 aliphatic carbocycles. The van der Waals surface area contributed by atoms with Gasteiger partial charge in [0.15, 0.2) is 28.5 Å². The van der Waals surface area contributed by atoms with Crippen molar-refractivity contribution in [3.8, 4) is 40.6 Å². The molecule has 8 aliphatic rings. The summed E-state index contributed by atoms with van der Waals surface area (Å²) in [5.74, 6) is 1.96. The average Bonchev–Trinajstić information content (AvgIpc) is 3.78. The maximum absolute atomic E-state index is 14.9. The van der Waals surface area contributed by atoms with Gasteiger partial charge in [-0.25, -0.2) is 4.79 Å². The van der Waals surface area contributed by atoms with Gasteiger partial charge in [-0.1, -0.05) is 6.07 Å². The third kappa shape index (κ3) is 4.81. The molecular weight excluding hydrogens is 753 g/mol. The number of aromatic hydroxyl groups is 1. The molecule has 0 amide bonds. The second-order valence-corrected chi connectivity index (χ2v) is 17.0. The lowest BCUT2D eigenvalue weighted by Crippen LogP contribution is -2.69. The summed E-state index contributed by atoms with van der Waals surface area (Å²) in [6.45, 7) is 5.68. The van der Waals surface area contributed by atoms with Gasteiger partial charge in [-0.3, -0.25) is 19.9 Å². The third-order valence-corrected chi connectivity index (χ3v) is 14.3. The van der Waals surface area contributed by atoms with Crippen LogP contribution in [0.1, 0.15) is 69.0 Å². The van der Waals surface area contributed by atoms with Crippen molar-refractivity contribution in [3.63, 3.8) is 0 Å². The number of hydrogen-bond acceptors (Lipinski definition) is 15. The van der Waals surface area contributed by atoms with E-state index in [0.29, 0.717) is 81.9 Å². The number of esters is 2. The van der Waals surface area contributed by atoms with E-state index in [1.54, 1.807) is 7.11 Å². The molecule has 12 rings (SSSR count). The van der Waals surface area contributed by atoms with Crippen molar-refractivity contribution in [2.24, 2.45) is 0 Å². The number of carbonyl (C=O) groups excluding carboxylic acids is 2. The van der Waals surface area contributed by atoms with Crippen LogP contribution in [-0.2, 0) is 32.7 Å². The van der Waals surface area contributed by atoms with Crippen LogP contribution in [0.5, 0.6) is 34.5 Å². The molecule has 2 N–H and O–H groups in total. The van der Waals surface area contributed by atoms with E-state index in [4.69, 9.17) is 32.8 Å². The summed E-state index contributed by atoms with van der Waals surface area (Å²) in [6.07, 6.45) is 0.903. The number of carbonyl (C=O) groups is 2. The number of hydrogen-bond donors (Lipinski definition) is 2. The Balaban J connectivity index is 1.25. The van der Waals surface area contributed by atoms with Crippen LogP contribution in [0.3, 0.4) is 0 Å². The van der Waals surface area contributed by atoms with Gasteiger partial charge in [0, 0.05) is 71.4 Å². The van der Waals surface area contributed by atoms with Crippen LogP contribution >= 0.6 is 11.8 Å². The van der Waals surface area contributed by atoms with E-state index < -0.39 is 46.4 Å². The molecule has 15 heteroatoms. The molecule has 4 bridgehead atoms. The number of fused-ring (bicyclic) bond motifs is 8. The number of likely N-dealkylation sites (N-methyl/N-ethyl adjacent to an activating group) is 1. The first-order chi connectivity index (χ1) is 27.5. The number of methoxy groups -OCH3 is 2. The molecule has 8 aliphatic heterocycles. The van der Waals surface area contributed by atoms with Crippen molar-refractivity contribution in [3.05, 3.63) is 69.0 Å². The molecule has 296 valence electrons. The van der Waals surface area contributed by atoms with Crippen LogP contribution in [0.4, 0.5) is 0 Å². The van der Waals surface area contributed by atoms with Gasteiger partial charge in [0.2, 0.25) is 6.79 Å². The highest BCUT2D eigenvalue weighted by Gasteiger charge is 2.64. The highest BCUT2D eigenvalue weighted by Crippen LogP contribution is 2.65. The number of ether oxygens (including phenoxy) is 6. The lowest BCUT2D eigenvalue weighted by molar-refractivity contribution is -0.158. The number of furan rings is 1. The first kappa shape index (κ1) is 36.2. The minimum absolute atomic E-state index is 0.0272. The second-order valence-electron chi connectivity index (χ2n) is 15.9. The number of nitrogens with one attached hydrogen (secondary N) is 1. The van der Waals surface area contributed by atoms with Gasteiger partial charge in [-0.15, -0.1) is 11.8 Å². The van der Waals surface area contributed by atoms with Gasteiger partial charge in [0.25, 0.3) is 0 Å². The van der Waals surface area contributed by atoms with E-state index in [1.165, 1.54) is 25.8 Å². The van der Waals surface area contributed by atoms with E-state index in [-0.39, 0.29) is 31.3 Å². The van der Waals surface area contributed by atoms with Gasteiger partial charge >= 0.3 is 11.9 Å². The van der Waals surface area contributed by atoms with E-state index in [0.717, 1.165) is 22.1 Å². The molecule has 0 saturated carbocycles. The van der Waals surface area contributed by atoms with Gasteiger partial charge in [0.1, 0.15) is 35.0 Å². The number of phenols is 1. The standard InChI is InChI=1S/C42H42N4O10S/c1-19-11-22-13-41(15-43)16-45(4)31(28(22)33(48)34(19)51-6)32-38-30-29(37-36(53-18-54-37)20(2)35(30)55-21(3)47)26(46(32)41)14-52-40(49)42(17-57-38)39-24(9-10-44-42)25-12-23(50-5)7-8-27(25)56-39/h7-8,11-12,26,31-32,38,44,48H,9-10,13-14,16-18H2,1-6H3/t26-,31+,32?,38+,41?,42+/m0/s1. The molecule has 2 fully saturated rings. The monoisotopic (exact) mass is 794 g/mol. The number of piperazine rings is 1. The van der Waals surface area contributed by atoms with Crippen molar-refractivity contribution >= 4 is 34.7 Å². The Morgan fingerprint density at radius 2 is 1.89 bits per heavy atom. The zero-order chi connectivity index (χ0) is 39.7. The first-order valence-corrected chi connectivity index (χ1v) is 20.1. The molecule has 57 heavy (non-hydrogen) atoms. The van der Waals surface area contributed by atoms with Gasteiger partial charge < -0.3 is 37.9 Å². The Morgan fingerprint density at radius 1 is 1.09 bits per heavy atom. The maximum atomic E-state index is 14.9. The van der Waals surface area contributed by atoms with Crippen molar-refractivity contribution in [2.75, 3.05) is 53.5 Å². The highest BCUT2D eigenvalue weighted by molar-refractivity contribution is 7.99. The number of phenolic OH excluding ortho intramolecular Hbond substituents is 1. The van der Waals surface area contributed by atoms with Crippen LogP contribution in [0.15, 0.2) is 28.7 Å². The van der Waals surface area contributed by atoms with Gasteiger partial charge in [0.05, 0.1) is 37.6 Å². The minimum Gasteiger partial charge on any atom is -0.504 e. The minimum atomic E-state index is -1.40. The van der Waals surface area contributed by atoms with E-state index in [2.05, 4.69) is 21.2 Å². The molecule has 0 radical (unpaired) electrons. The summed E-state index contributed by atoms with van der Waals surface area (Å²) in [4.78, 5) is 32.3. The summed E-state index contributed by atoms with van der Waals surface area (Å²) in [5, 5.41) is 27.5. The topological polar surface area (TPSA) is 165 Å². The fourth-order valence-corrected chi connectivity index (χ4v) is 12.4. The maximum Gasteiger partial charge on any atom is 0.335 e. The average molecular weight is 795 g/mol. The Labute approximate surface area is 332 Å². The molecule has 3 aromatic carbocycles. The van der Waals surface area contributed by atoms with E-state index >= 15 is 0 Å². The number of rotatable bonds is 3. The number of aryl methyl sites for hydroxylation is 1. The fraction of sp³-hybridized carbons (Fsp3) is 0.452. The van der Waals surface area contributed by atoms with E-state index in [1.807, 2.05) is 45.2 Å². The molecule has 9 heterocycles. The van der Waals surface area contributed by atoms with Crippen LogP contribution in [0, 0.1) is 25.2 Å². The fourth-order valence-electron chi connectivity index (χ4n) is 10.7. The quantitative estimate of drug-likeness (QED) is 0.210. The van der Waals surface area contributed by atoms with Crippen LogP contribution < -0.4 is 29.0 Å². The molecular formula is C42H42N4O10S. The summed E-state index contributed by atoms with van der Waals surface area (Å²) >= 11 is 1.50. The molecule has 1 spiro atoms. The molecule has 3 unspecified atom stereocenters. The van der Waals surface area contributed by atoms with Crippen molar-refractivity contribution in [1.29, 1.82) is 5.26 Å². The van der Waals surface area contributed by atoms with Gasteiger partial charge in [-0.2, -0.15) is 5.26 Å². The van der Waals surface area contributed by atoms with Crippen LogP contribution in [0.2, 0.25) is 0 Å². The third-order valence-electron chi connectivity index (χ3n) is 12.9. The van der Waals surface area contributed by atoms with Crippen LogP contribution in [-0.4, -0.2) is 91.9 Å². The number of benzene rings is 3. The Kier molecular flexibility index (Phi) is 8.06. The normalized spacial score (nSPS) is 29.4. The summed E-state index contributed by atoms with van der Waals surface area (Å²) in [5.41, 5.74) is 3.20. The van der Waals surface area contributed by atoms with Gasteiger partial charge in [-0.05, 0) is 56.6 Å². The van der Waals surface area contributed by atoms with Crippen molar-refractivity contribution < 1.29 is 47.5 Å². The van der Waals surface area contributed by atoms with Crippen molar-refractivity contribution in [1.82, 2.24) is 15.1 Å². The summed E-state index contributed by atoms with van der Waals surface area (Å²) in [7, 11) is 5.13. The Hall–Kier alpha value is -5.14. The zero-order valence-corrected chi connectivity index (χ0v) is 33.3. The summed E-state index contributed by atoms with van der Waals surface area (Å²) in [6, 6.07) is 8.59. The molecule has 7 atom stereocenters. The Morgan fingerprint density at radius 3 is 2.65 bits per heavy atom. The smallest absolute Gasteiger partial charge is 0.335 e. The lowest BCUT2D eigenvalue weighted by Gasteiger charge is -2.60. The lowest BCUT2D eigenvalue weighted by atomic mass is 9.76. The first-order valence-electron chi connectivity index (χ1n) is 19.0. The molecule has 2 saturated heterocycles. The molecule has 1 aromatic heterocycles. The zero-order valence-electron chi connectivity index (χ0n) is 32.4. The Bertz CT molecular complexity index is 2480. The number of nitriles is 1. The van der Waals surface area contributed by atoms with E-state index in [9.17, 15) is 20.0 Å². The predicted molar refractivity (Wildman–Crippen MR) is 206 cm³/mol. The second kappa shape index (κ2) is 12.7. The van der Waals surface area contributed by atoms with Crippen molar-refractivity contribution in [2.45, 2.75) is 68.1 Å². The molecule has 4 aromatic rings. The number of nitrogens with zero attached hydrogens (tertiary/aromatic N) is 3. The predicted octanol–water partition coefficient (Wildman–Crippen LogP) is 5.03.